The minimum atomic E-state index is -0.568. The first-order valence-electron chi connectivity index (χ1n) is 4.69. The second-order valence-corrected chi connectivity index (χ2v) is 7.45. The number of hydrogen-bond donors (Lipinski definition) is 1. The number of benzene rings is 1. The standard InChI is InChI=1S/C11H5Br2ClFNOS/c12-8-4-5(10(13)18-8)11(17)16-9-6(14)2-1-3-7(9)15/h1-4H,(H,16,17). The van der Waals surface area contributed by atoms with Crippen molar-refractivity contribution in [1.82, 2.24) is 0 Å². The molecule has 0 saturated heterocycles. The van der Waals surface area contributed by atoms with Crippen molar-refractivity contribution < 1.29 is 9.18 Å². The zero-order valence-corrected chi connectivity index (χ0v) is 13.4. The zero-order chi connectivity index (χ0) is 13.3. The number of rotatable bonds is 2. The van der Waals surface area contributed by atoms with Crippen molar-refractivity contribution in [2.75, 3.05) is 5.32 Å². The average Bonchev–Trinajstić information content (AvgIpc) is 2.63. The van der Waals surface area contributed by atoms with Crippen LogP contribution in [0.2, 0.25) is 5.02 Å². The van der Waals surface area contributed by atoms with Crippen LogP contribution in [-0.2, 0) is 0 Å². The van der Waals surface area contributed by atoms with E-state index < -0.39 is 11.7 Å². The van der Waals surface area contributed by atoms with Gasteiger partial charge >= 0.3 is 0 Å². The Labute approximate surface area is 128 Å². The van der Waals surface area contributed by atoms with Gasteiger partial charge in [0, 0.05) is 0 Å². The molecule has 0 atom stereocenters. The second kappa shape index (κ2) is 5.69. The van der Waals surface area contributed by atoms with Gasteiger partial charge in [-0.25, -0.2) is 4.39 Å². The number of carbonyl (C=O) groups is 1. The third-order valence-corrected chi connectivity index (χ3v) is 4.76. The molecule has 0 spiro atoms. The maximum atomic E-state index is 13.5. The number of hydrogen-bond acceptors (Lipinski definition) is 2. The van der Waals surface area contributed by atoms with Gasteiger partial charge in [0.05, 0.1) is 23.8 Å². The Hall–Kier alpha value is -0.430. The Kier molecular flexibility index (Phi) is 4.42. The first-order valence-corrected chi connectivity index (χ1v) is 7.47. The molecule has 94 valence electrons. The van der Waals surface area contributed by atoms with Crippen LogP contribution >= 0.6 is 54.8 Å². The van der Waals surface area contributed by atoms with E-state index in [1.165, 1.54) is 29.5 Å². The second-order valence-electron chi connectivity index (χ2n) is 3.29. The summed E-state index contributed by atoms with van der Waals surface area (Å²) in [6.45, 7) is 0. The van der Waals surface area contributed by atoms with E-state index in [0.29, 0.717) is 9.35 Å². The molecule has 1 N–H and O–H groups in total. The van der Waals surface area contributed by atoms with Crippen LogP contribution in [0.5, 0.6) is 0 Å². The molecule has 0 aliphatic carbocycles. The monoisotopic (exact) mass is 411 g/mol. The molecule has 0 radical (unpaired) electrons. The van der Waals surface area contributed by atoms with E-state index in [2.05, 4.69) is 37.2 Å². The highest BCUT2D eigenvalue weighted by molar-refractivity contribution is 9.12. The predicted molar refractivity (Wildman–Crippen MR) is 79.1 cm³/mol. The van der Waals surface area contributed by atoms with E-state index >= 15 is 0 Å². The van der Waals surface area contributed by atoms with Crippen LogP contribution in [-0.4, -0.2) is 5.91 Å². The summed E-state index contributed by atoms with van der Waals surface area (Å²) in [4.78, 5) is 12.0. The third-order valence-electron chi connectivity index (χ3n) is 2.10. The van der Waals surface area contributed by atoms with Crippen molar-refractivity contribution in [2.45, 2.75) is 0 Å². The van der Waals surface area contributed by atoms with Gasteiger partial charge < -0.3 is 5.32 Å². The van der Waals surface area contributed by atoms with Gasteiger partial charge in [-0.15, -0.1) is 11.3 Å². The highest BCUT2D eigenvalue weighted by Gasteiger charge is 2.16. The van der Waals surface area contributed by atoms with Crippen molar-refractivity contribution in [3.8, 4) is 0 Å². The lowest BCUT2D eigenvalue weighted by Gasteiger charge is -2.07. The molecule has 0 aliphatic rings. The smallest absolute Gasteiger partial charge is 0.257 e. The van der Waals surface area contributed by atoms with Crippen LogP contribution in [0.4, 0.5) is 10.1 Å². The fraction of sp³-hybridized carbons (Fsp3) is 0. The Bertz CT molecular complexity index is 597. The molecule has 0 aliphatic heterocycles. The van der Waals surface area contributed by atoms with Gasteiger partial charge in [-0.05, 0) is 50.1 Å². The van der Waals surface area contributed by atoms with Crippen LogP contribution in [0.25, 0.3) is 0 Å². The molecule has 0 fully saturated rings. The molecule has 7 heteroatoms. The average molecular weight is 413 g/mol. The highest BCUT2D eigenvalue weighted by Crippen LogP contribution is 2.33. The summed E-state index contributed by atoms with van der Waals surface area (Å²) >= 11 is 13.7. The number of para-hydroxylation sites is 1. The quantitative estimate of drug-likeness (QED) is 0.710. The van der Waals surface area contributed by atoms with Crippen molar-refractivity contribution >= 4 is 66.4 Å². The molecule has 18 heavy (non-hydrogen) atoms. The van der Waals surface area contributed by atoms with E-state index in [-0.39, 0.29) is 10.7 Å². The topological polar surface area (TPSA) is 29.1 Å². The first-order chi connectivity index (χ1) is 8.49. The zero-order valence-electron chi connectivity index (χ0n) is 8.64. The van der Waals surface area contributed by atoms with Gasteiger partial charge in [0.2, 0.25) is 0 Å². The van der Waals surface area contributed by atoms with Crippen LogP contribution in [0.15, 0.2) is 31.8 Å². The van der Waals surface area contributed by atoms with Gasteiger partial charge in [0.25, 0.3) is 5.91 Å². The molecule has 2 rings (SSSR count). The van der Waals surface area contributed by atoms with Gasteiger partial charge in [-0.1, -0.05) is 17.7 Å². The Morgan fingerprint density at radius 2 is 2.11 bits per heavy atom. The molecule has 0 bridgehead atoms. The molecular formula is C11H5Br2ClFNOS. The predicted octanol–water partition coefficient (Wildman–Crippen LogP) is 5.32. The van der Waals surface area contributed by atoms with Gasteiger partial charge in [-0.3, -0.25) is 4.79 Å². The Morgan fingerprint density at radius 3 is 2.67 bits per heavy atom. The molecular weight excluding hydrogens is 408 g/mol. The van der Waals surface area contributed by atoms with Crippen LogP contribution in [0.1, 0.15) is 10.4 Å². The van der Waals surface area contributed by atoms with Gasteiger partial charge in [-0.2, -0.15) is 0 Å². The van der Waals surface area contributed by atoms with E-state index in [1.807, 2.05) is 0 Å². The molecule has 2 aromatic rings. The minimum Gasteiger partial charge on any atom is -0.318 e. The molecule has 1 heterocycles. The fourth-order valence-corrected chi connectivity index (χ4v) is 4.30. The molecule has 1 aromatic carbocycles. The van der Waals surface area contributed by atoms with Gasteiger partial charge in [0.1, 0.15) is 5.82 Å². The summed E-state index contributed by atoms with van der Waals surface area (Å²) in [5.41, 5.74) is 0.407. The molecule has 0 unspecified atom stereocenters. The number of carbonyl (C=O) groups excluding carboxylic acids is 1. The number of thiophene rings is 1. The lowest BCUT2D eigenvalue weighted by Crippen LogP contribution is -2.13. The van der Waals surface area contributed by atoms with Gasteiger partial charge in [0.15, 0.2) is 0 Å². The van der Waals surface area contributed by atoms with Crippen LogP contribution in [0.3, 0.4) is 0 Å². The summed E-state index contributed by atoms with van der Waals surface area (Å²) in [7, 11) is 0. The number of anilines is 1. The molecule has 1 amide bonds. The lowest BCUT2D eigenvalue weighted by molar-refractivity contribution is 0.102. The fourth-order valence-electron chi connectivity index (χ4n) is 1.29. The third kappa shape index (κ3) is 2.93. The Balaban J connectivity index is 2.30. The first kappa shape index (κ1) is 14.0. The molecule has 2 nitrogen and oxygen atoms in total. The largest absolute Gasteiger partial charge is 0.318 e. The van der Waals surface area contributed by atoms with Crippen molar-refractivity contribution in [3.05, 3.63) is 48.2 Å². The number of nitrogens with one attached hydrogen (secondary N) is 1. The van der Waals surface area contributed by atoms with E-state index in [0.717, 1.165) is 3.79 Å². The SMILES string of the molecule is O=C(Nc1c(F)cccc1Cl)c1cc(Br)sc1Br. The maximum absolute atomic E-state index is 13.5. The normalized spacial score (nSPS) is 10.4. The maximum Gasteiger partial charge on any atom is 0.257 e. The van der Waals surface area contributed by atoms with E-state index in [9.17, 15) is 9.18 Å². The van der Waals surface area contributed by atoms with Crippen LogP contribution in [0, 0.1) is 5.82 Å². The van der Waals surface area contributed by atoms with Crippen molar-refractivity contribution in [1.29, 1.82) is 0 Å². The summed E-state index contributed by atoms with van der Waals surface area (Å²) in [5, 5.41) is 2.62. The number of halogens is 4. The summed E-state index contributed by atoms with van der Waals surface area (Å²) < 4.78 is 15.0. The molecule has 0 saturated carbocycles. The lowest BCUT2D eigenvalue weighted by atomic mass is 10.2. The van der Waals surface area contributed by atoms with Crippen molar-refractivity contribution in [2.24, 2.45) is 0 Å². The minimum absolute atomic E-state index is 0.0154. The Morgan fingerprint density at radius 1 is 1.39 bits per heavy atom. The molecule has 1 aromatic heterocycles. The summed E-state index contributed by atoms with van der Waals surface area (Å²) in [6.07, 6.45) is 0. The summed E-state index contributed by atoms with van der Waals surface area (Å²) in [6, 6.07) is 5.88. The van der Waals surface area contributed by atoms with Crippen molar-refractivity contribution in [3.63, 3.8) is 0 Å². The van der Waals surface area contributed by atoms with Crippen LogP contribution < -0.4 is 5.32 Å². The number of amides is 1. The van der Waals surface area contributed by atoms with E-state index in [1.54, 1.807) is 6.07 Å². The highest BCUT2D eigenvalue weighted by atomic mass is 79.9. The van der Waals surface area contributed by atoms with E-state index in [4.69, 9.17) is 11.6 Å². The summed E-state index contributed by atoms with van der Waals surface area (Å²) in [5.74, 6) is -0.989.